The van der Waals surface area contributed by atoms with E-state index in [1.165, 1.54) is 5.56 Å². The standard InChI is InChI=1S/C23H25NO2S3/c1-19-12-14-23(15-13-19)29(25,26)24-22(16-20-8-4-2-5-9-20)18-28-27-17-21-10-6-3-7-11-21/h2-15,22,24H,16-18H2,1H3/t22-/m0/s1. The van der Waals surface area contributed by atoms with Crippen molar-refractivity contribution in [3.05, 3.63) is 102 Å². The second-order valence-electron chi connectivity index (χ2n) is 6.85. The van der Waals surface area contributed by atoms with Gasteiger partial charge in [-0.15, -0.1) is 0 Å². The summed E-state index contributed by atoms with van der Waals surface area (Å²) >= 11 is 0. The van der Waals surface area contributed by atoms with Crippen LogP contribution in [0, 0.1) is 6.92 Å². The second kappa shape index (κ2) is 10.9. The summed E-state index contributed by atoms with van der Waals surface area (Å²) in [4.78, 5) is 0.308. The molecule has 0 unspecified atom stereocenters. The molecule has 0 bridgehead atoms. The summed E-state index contributed by atoms with van der Waals surface area (Å²) in [5.41, 5.74) is 3.43. The Balaban J connectivity index is 1.64. The minimum Gasteiger partial charge on any atom is -0.207 e. The van der Waals surface area contributed by atoms with E-state index in [0.29, 0.717) is 17.1 Å². The third-order valence-corrected chi connectivity index (χ3v) is 8.35. The summed E-state index contributed by atoms with van der Waals surface area (Å²) in [5.74, 6) is 1.59. The molecule has 3 aromatic carbocycles. The molecular formula is C23H25NO2S3. The molecule has 0 heterocycles. The molecule has 29 heavy (non-hydrogen) atoms. The van der Waals surface area contributed by atoms with Crippen LogP contribution in [0.3, 0.4) is 0 Å². The Morgan fingerprint density at radius 3 is 2.00 bits per heavy atom. The van der Waals surface area contributed by atoms with Crippen molar-refractivity contribution in [1.82, 2.24) is 4.72 Å². The van der Waals surface area contributed by atoms with E-state index >= 15 is 0 Å². The fourth-order valence-corrected chi connectivity index (χ4v) is 6.51. The number of rotatable bonds is 10. The quantitative estimate of drug-likeness (QED) is 0.334. The van der Waals surface area contributed by atoms with Gasteiger partial charge in [0.15, 0.2) is 0 Å². The molecule has 0 radical (unpaired) electrons. The van der Waals surface area contributed by atoms with Crippen molar-refractivity contribution in [2.45, 2.75) is 30.0 Å². The van der Waals surface area contributed by atoms with Crippen LogP contribution in [-0.4, -0.2) is 20.2 Å². The number of aryl methyl sites for hydroxylation is 1. The number of hydrogen-bond acceptors (Lipinski definition) is 4. The van der Waals surface area contributed by atoms with E-state index in [0.717, 1.165) is 16.9 Å². The maximum absolute atomic E-state index is 12.9. The molecule has 3 rings (SSSR count). The van der Waals surface area contributed by atoms with Gasteiger partial charge in [0, 0.05) is 17.5 Å². The molecule has 0 aliphatic rings. The largest absolute Gasteiger partial charge is 0.240 e. The molecule has 0 saturated heterocycles. The van der Waals surface area contributed by atoms with Gasteiger partial charge in [-0.25, -0.2) is 13.1 Å². The molecule has 1 atom stereocenters. The lowest BCUT2D eigenvalue weighted by molar-refractivity contribution is 0.562. The summed E-state index contributed by atoms with van der Waals surface area (Å²) in [6.07, 6.45) is 0.658. The molecule has 3 aromatic rings. The molecule has 152 valence electrons. The maximum atomic E-state index is 12.9. The monoisotopic (exact) mass is 443 g/mol. The summed E-state index contributed by atoms with van der Waals surface area (Å²) < 4.78 is 28.7. The third-order valence-electron chi connectivity index (χ3n) is 4.40. The Hall–Kier alpha value is -1.73. The van der Waals surface area contributed by atoms with E-state index in [4.69, 9.17) is 0 Å². The van der Waals surface area contributed by atoms with Crippen LogP contribution in [0.15, 0.2) is 89.8 Å². The Kier molecular flexibility index (Phi) is 8.24. The Bertz CT molecular complexity index is 976. The van der Waals surface area contributed by atoms with Gasteiger partial charge in [0.25, 0.3) is 0 Å². The van der Waals surface area contributed by atoms with E-state index in [1.807, 2.05) is 67.6 Å². The fourth-order valence-electron chi connectivity index (χ4n) is 2.85. The minimum atomic E-state index is -3.56. The lowest BCUT2D eigenvalue weighted by Gasteiger charge is -2.19. The van der Waals surface area contributed by atoms with Crippen LogP contribution in [0.2, 0.25) is 0 Å². The van der Waals surface area contributed by atoms with Crippen LogP contribution in [0.1, 0.15) is 16.7 Å². The van der Waals surface area contributed by atoms with Gasteiger partial charge in [-0.2, -0.15) is 0 Å². The van der Waals surface area contributed by atoms with Crippen LogP contribution >= 0.6 is 21.6 Å². The van der Waals surface area contributed by atoms with Gasteiger partial charge in [0.2, 0.25) is 10.0 Å². The van der Waals surface area contributed by atoms with Crippen LogP contribution < -0.4 is 4.72 Å². The summed E-state index contributed by atoms with van der Waals surface area (Å²) in [6.45, 7) is 1.95. The predicted octanol–water partition coefficient (Wildman–Crippen LogP) is 5.47. The van der Waals surface area contributed by atoms with Crippen molar-refractivity contribution < 1.29 is 8.42 Å². The topological polar surface area (TPSA) is 46.2 Å². The average molecular weight is 444 g/mol. The Labute approximate surface area is 181 Å². The molecule has 0 aromatic heterocycles. The molecule has 3 nitrogen and oxygen atoms in total. The highest BCUT2D eigenvalue weighted by atomic mass is 33.1. The first-order valence-corrected chi connectivity index (χ1v) is 13.4. The first kappa shape index (κ1) is 22.0. The Morgan fingerprint density at radius 2 is 1.38 bits per heavy atom. The van der Waals surface area contributed by atoms with Crippen molar-refractivity contribution in [3.63, 3.8) is 0 Å². The van der Waals surface area contributed by atoms with Crippen molar-refractivity contribution in [1.29, 1.82) is 0 Å². The highest BCUT2D eigenvalue weighted by Crippen LogP contribution is 2.27. The highest BCUT2D eigenvalue weighted by Gasteiger charge is 2.20. The first-order valence-electron chi connectivity index (χ1n) is 9.44. The van der Waals surface area contributed by atoms with Gasteiger partial charge in [-0.1, -0.05) is 99.9 Å². The minimum absolute atomic E-state index is 0.183. The number of hydrogen-bond donors (Lipinski definition) is 1. The predicted molar refractivity (Wildman–Crippen MR) is 126 cm³/mol. The lowest BCUT2D eigenvalue weighted by Crippen LogP contribution is -2.38. The normalized spacial score (nSPS) is 12.6. The Morgan fingerprint density at radius 1 is 0.793 bits per heavy atom. The SMILES string of the molecule is Cc1ccc(S(=O)(=O)N[C@H](CSSCc2ccccc2)Cc2ccccc2)cc1. The molecular weight excluding hydrogens is 418 g/mol. The molecule has 0 spiro atoms. The number of sulfonamides is 1. The summed E-state index contributed by atoms with van der Waals surface area (Å²) in [6, 6.07) is 27.1. The van der Waals surface area contributed by atoms with Gasteiger partial charge < -0.3 is 0 Å². The van der Waals surface area contributed by atoms with Crippen LogP contribution in [-0.2, 0) is 22.2 Å². The van der Waals surface area contributed by atoms with E-state index in [2.05, 4.69) is 16.9 Å². The zero-order valence-electron chi connectivity index (χ0n) is 16.3. The maximum Gasteiger partial charge on any atom is 0.240 e. The number of nitrogens with one attached hydrogen (secondary N) is 1. The van der Waals surface area contributed by atoms with Gasteiger partial charge in [0.05, 0.1) is 4.90 Å². The fraction of sp³-hybridized carbons (Fsp3) is 0.217. The van der Waals surface area contributed by atoms with Crippen molar-refractivity contribution >= 4 is 31.6 Å². The molecule has 0 amide bonds. The average Bonchev–Trinajstić information content (AvgIpc) is 2.73. The molecule has 0 aliphatic heterocycles. The first-order chi connectivity index (χ1) is 14.0. The van der Waals surface area contributed by atoms with Crippen LogP contribution in [0.4, 0.5) is 0 Å². The van der Waals surface area contributed by atoms with Crippen molar-refractivity contribution in [2.75, 3.05) is 5.75 Å². The second-order valence-corrected chi connectivity index (χ2v) is 11.1. The summed E-state index contributed by atoms with van der Waals surface area (Å²) in [5, 5.41) is 0. The summed E-state index contributed by atoms with van der Waals surface area (Å²) in [7, 11) is -0.104. The van der Waals surface area contributed by atoms with Gasteiger partial charge in [0.1, 0.15) is 0 Å². The molecule has 0 fully saturated rings. The van der Waals surface area contributed by atoms with E-state index in [1.54, 1.807) is 33.7 Å². The van der Waals surface area contributed by atoms with Crippen molar-refractivity contribution in [2.24, 2.45) is 0 Å². The van der Waals surface area contributed by atoms with Crippen molar-refractivity contribution in [3.8, 4) is 0 Å². The van der Waals surface area contributed by atoms with Gasteiger partial charge >= 0.3 is 0 Å². The highest BCUT2D eigenvalue weighted by molar-refractivity contribution is 8.76. The number of benzene rings is 3. The molecule has 0 aliphatic carbocycles. The van der Waals surface area contributed by atoms with E-state index < -0.39 is 10.0 Å². The molecule has 6 heteroatoms. The van der Waals surface area contributed by atoms with E-state index in [9.17, 15) is 8.42 Å². The molecule has 0 saturated carbocycles. The lowest BCUT2D eigenvalue weighted by atomic mass is 10.1. The van der Waals surface area contributed by atoms with E-state index in [-0.39, 0.29) is 6.04 Å². The zero-order chi connectivity index (χ0) is 20.5. The van der Waals surface area contributed by atoms with Gasteiger partial charge in [-0.05, 0) is 36.6 Å². The zero-order valence-corrected chi connectivity index (χ0v) is 18.8. The molecule has 1 N–H and O–H groups in total. The van der Waals surface area contributed by atoms with Crippen LogP contribution in [0.5, 0.6) is 0 Å². The van der Waals surface area contributed by atoms with Crippen LogP contribution in [0.25, 0.3) is 0 Å². The van der Waals surface area contributed by atoms with Gasteiger partial charge in [-0.3, -0.25) is 0 Å². The third kappa shape index (κ3) is 7.23. The smallest absolute Gasteiger partial charge is 0.207 e.